The molecule has 3 aliphatic heterocycles. The Hall–Kier alpha value is -2.24. The van der Waals surface area contributed by atoms with Gasteiger partial charge in [-0.3, -0.25) is 0 Å². The Labute approximate surface area is 214 Å². The van der Waals surface area contributed by atoms with Gasteiger partial charge in [0.2, 0.25) is 0 Å². The number of benzene rings is 2. The van der Waals surface area contributed by atoms with Crippen molar-refractivity contribution in [2.45, 2.75) is 59.0 Å². The molecule has 2 aromatic rings. The molecular formula is C29H36ClN2O3-. The molecule has 0 spiro atoms. The number of amides is 1. The highest BCUT2D eigenvalue weighted by Crippen LogP contribution is 2.51. The van der Waals surface area contributed by atoms with E-state index in [9.17, 15) is 9.90 Å². The SMILES string of the molecule is CC(C)COc1cc(Cl)cc(-c2ccc3c(c2)CC(C)(C)[C@H]3N(C(=O)[O-])[C@@H]2CN3CCC2CC3)c1. The Kier molecular flexibility index (Phi) is 6.52. The van der Waals surface area contributed by atoms with Crippen molar-refractivity contribution in [3.05, 3.63) is 52.5 Å². The van der Waals surface area contributed by atoms with E-state index in [2.05, 4.69) is 50.8 Å². The molecule has 3 fully saturated rings. The fraction of sp³-hybridized carbons (Fsp3) is 0.552. The second kappa shape index (κ2) is 9.33. The van der Waals surface area contributed by atoms with Crippen LogP contribution in [0.1, 0.15) is 57.7 Å². The normalized spacial score (nSPS) is 26.6. The van der Waals surface area contributed by atoms with E-state index in [1.807, 2.05) is 18.2 Å². The number of hydrogen-bond acceptors (Lipinski definition) is 4. The van der Waals surface area contributed by atoms with Crippen LogP contribution in [-0.2, 0) is 6.42 Å². The number of nitrogens with zero attached hydrogens (tertiary/aromatic N) is 2. The zero-order valence-corrected chi connectivity index (χ0v) is 22.0. The summed E-state index contributed by atoms with van der Waals surface area (Å²) in [6.07, 6.45) is 1.93. The highest BCUT2D eigenvalue weighted by molar-refractivity contribution is 6.31. The van der Waals surface area contributed by atoms with E-state index >= 15 is 0 Å². The average molecular weight is 496 g/mol. The molecule has 3 saturated heterocycles. The molecule has 1 aliphatic carbocycles. The van der Waals surface area contributed by atoms with Crippen LogP contribution in [-0.4, -0.2) is 48.2 Å². The fourth-order valence-corrected chi connectivity index (χ4v) is 6.72. The third-order valence-electron chi connectivity index (χ3n) is 8.08. The zero-order chi connectivity index (χ0) is 24.9. The average Bonchev–Trinajstić information content (AvgIpc) is 3.07. The lowest BCUT2D eigenvalue weighted by Crippen LogP contribution is -2.62. The second-order valence-electron chi connectivity index (χ2n) is 11.7. The summed E-state index contributed by atoms with van der Waals surface area (Å²) in [5, 5.41) is 13.2. The van der Waals surface area contributed by atoms with Gasteiger partial charge in [0.05, 0.1) is 12.6 Å². The lowest BCUT2D eigenvalue weighted by Gasteiger charge is -2.53. The van der Waals surface area contributed by atoms with Gasteiger partial charge in [-0.1, -0.05) is 57.5 Å². The first-order valence-corrected chi connectivity index (χ1v) is 13.3. The Bertz CT molecular complexity index is 1110. The van der Waals surface area contributed by atoms with Crippen molar-refractivity contribution in [1.29, 1.82) is 0 Å². The van der Waals surface area contributed by atoms with Crippen molar-refractivity contribution in [3.8, 4) is 16.9 Å². The zero-order valence-electron chi connectivity index (χ0n) is 21.2. The Balaban J connectivity index is 1.48. The highest BCUT2D eigenvalue weighted by Gasteiger charge is 2.48. The van der Waals surface area contributed by atoms with Crippen LogP contribution in [0.3, 0.4) is 0 Å². The van der Waals surface area contributed by atoms with Gasteiger partial charge in [-0.25, -0.2) is 0 Å². The first kappa shape index (κ1) is 24.5. The van der Waals surface area contributed by atoms with Gasteiger partial charge in [0.1, 0.15) is 11.8 Å². The molecule has 5 nitrogen and oxygen atoms in total. The molecule has 0 radical (unpaired) electrons. The minimum absolute atomic E-state index is 0.00555. The smallest absolute Gasteiger partial charge is 0.137 e. The van der Waals surface area contributed by atoms with E-state index in [4.69, 9.17) is 16.3 Å². The van der Waals surface area contributed by atoms with Gasteiger partial charge in [0, 0.05) is 17.6 Å². The molecule has 6 heteroatoms. The third-order valence-corrected chi connectivity index (χ3v) is 8.30. The maximum absolute atomic E-state index is 12.6. The largest absolute Gasteiger partial charge is 0.530 e. The number of piperidine rings is 3. The summed E-state index contributed by atoms with van der Waals surface area (Å²) in [6, 6.07) is 12.1. The maximum Gasteiger partial charge on any atom is 0.137 e. The summed E-state index contributed by atoms with van der Waals surface area (Å²) >= 11 is 6.43. The Morgan fingerprint density at radius 3 is 2.54 bits per heavy atom. The van der Waals surface area contributed by atoms with E-state index in [1.165, 1.54) is 5.56 Å². The van der Waals surface area contributed by atoms with Crippen molar-refractivity contribution in [1.82, 2.24) is 9.80 Å². The molecule has 0 aromatic heterocycles. The first-order chi connectivity index (χ1) is 16.6. The van der Waals surface area contributed by atoms with Crippen LogP contribution >= 0.6 is 11.6 Å². The van der Waals surface area contributed by atoms with Gasteiger partial charge in [-0.2, -0.15) is 0 Å². The summed E-state index contributed by atoms with van der Waals surface area (Å²) in [5.41, 5.74) is 4.18. The topological polar surface area (TPSA) is 55.8 Å². The monoisotopic (exact) mass is 495 g/mol. The molecule has 1 amide bonds. The number of carbonyl (C=O) groups excluding carboxylic acids is 1. The van der Waals surface area contributed by atoms with Crippen LogP contribution in [0.25, 0.3) is 11.1 Å². The van der Waals surface area contributed by atoms with E-state index in [1.54, 1.807) is 4.90 Å². The van der Waals surface area contributed by atoms with Crippen LogP contribution < -0.4 is 9.84 Å². The molecule has 188 valence electrons. The molecule has 2 atom stereocenters. The molecule has 2 aromatic carbocycles. The van der Waals surface area contributed by atoms with Crippen LogP contribution in [0.5, 0.6) is 5.75 Å². The van der Waals surface area contributed by atoms with Crippen molar-refractivity contribution < 1.29 is 14.6 Å². The Morgan fingerprint density at radius 2 is 1.91 bits per heavy atom. The number of carbonyl (C=O) groups is 1. The van der Waals surface area contributed by atoms with E-state index in [0.717, 1.165) is 61.3 Å². The van der Waals surface area contributed by atoms with Crippen LogP contribution in [0.2, 0.25) is 5.02 Å². The molecular weight excluding hydrogens is 460 g/mol. The van der Waals surface area contributed by atoms with E-state index < -0.39 is 6.09 Å². The summed E-state index contributed by atoms with van der Waals surface area (Å²) in [7, 11) is 0. The molecule has 4 aliphatic rings. The molecule has 0 N–H and O–H groups in total. The molecule has 0 saturated carbocycles. The van der Waals surface area contributed by atoms with Gasteiger partial charge in [0.15, 0.2) is 0 Å². The second-order valence-corrected chi connectivity index (χ2v) is 12.2. The van der Waals surface area contributed by atoms with Gasteiger partial charge in [-0.05, 0) is 90.1 Å². The number of halogens is 1. The lowest BCUT2D eigenvalue weighted by molar-refractivity contribution is -0.276. The van der Waals surface area contributed by atoms with Crippen molar-refractivity contribution in [2.24, 2.45) is 17.3 Å². The van der Waals surface area contributed by atoms with Gasteiger partial charge < -0.3 is 24.4 Å². The first-order valence-electron chi connectivity index (χ1n) is 12.9. The third kappa shape index (κ3) is 4.77. The Morgan fingerprint density at radius 1 is 1.17 bits per heavy atom. The number of rotatable bonds is 6. The predicted molar refractivity (Wildman–Crippen MR) is 138 cm³/mol. The molecule has 35 heavy (non-hydrogen) atoms. The quantitative estimate of drug-likeness (QED) is 0.538. The summed E-state index contributed by atoms with van der Waals surface area (Å²) in [5.74, 6) is 1.62. The number of hydrogen-bond donors (Lipinski definition) is 0. The number of ether oxygens (including phenoxy) is 1. The predicted octanol–water partition coefficient (Wildman–Crippen LogP) is 5.40. The summed E-state index contributed by atoms with van der Waals surface area (Å²) < 4.78 is 5.94. The molecule has 3 heterocycles. The van der Waals surface area contributed by atoms with Crippen molar-refractivity contribution in [2.75, 3.05) is 26.2 Å². The van der Waals surface area contributed by atoms with Crippen LogP contribution in [0.15, 0.2) is 36.4 Å². The maximum atomic E-state index is 12.6. The number of fused-ring (bicyclic) bond motifs is 4. The number of carboxylic acid groups (broad SMARTS) is 1. The van der Waals surface area contributed by atoms with Crippen LogP contribution in [0.4, 0.5) is 4.79 Å². The highest BCUT2D eigenvalue weighted by atomic mass is 35.5. The fourth-order valence-electron chi connectivity index (χ4n) is 6.50. The van der Waals surface area contributed by atoms with Crippen molar-refractivity contribution in [3.63, 3.8) is 0 Å². The minimum atomic E-state index is -1.04. The molecule has 2 bridgehead atoms. The van der Waals surface area contributed by atoms with Gasteiger partial charge in [-0.15, -0.1) is 0 Å². The van der Waals surface area contributed by atoms with Gasteiger partial charge in [0.25, 0.3) is 0 Å². The van der Waals surface area contributed by atoms with Gasteiger partial charge >= 0.3 is 0 Å². The summed E-state index contributed by atoms with van der Waals surface area (Å²) in [6.45, 7) is 12.2. The van der Waals surface area contributed by atoms with Crippen LogP contribution in [0, 0.1) is 17.3 Å². The lowest BCUT2D eigenvalue weighted by atomic mass is 9.79. The van der Waals surface area contributed by atoms with E-state index in [-0.39, 0.29) is 17.5 Å². The summed E-state index contributed by atoms with van der Waals surface area (Å²) in [4.78, 5) is 16.7. The standard InChI is InChI=1S/C29H37ClN2O3/c1-18(2)17-35-24-13-21(12-23(30)14-24)20-5-6-25-22(11-20)15-29(3,4)27(25)32(28(33)34)26-16-31-9-7-19(26)8-10-31/h5-6,11-14,18-19,26-27H,7-10,15-17H2,1-4H3,(H,33,34)/p-1/t26-,27+/m1/s1. The molecule has 0 unspecified atom stereocenters. The van der Waals surface area contributed by atoms with E-state index in [0.29, 0.717) is 23.5 Å². The van der Waals surface area contributed by atoms with Crippen molar-refractivity contribution >= 4 is 17.7 Å². The minimum Gasteiger partial charge on any atom is -0.530 e. The molecule has 6 rings (SSSR count).